The van der Waals surface area contributed by atoms with Gasteiger partial charge in [0.15, 0.2) is 0 Å². The van der Waals surface area contributed by atoms with Gasteiger partial charge in [0.05, 0.1) is 13.2 Å². The van der Waals surface area contributed by atoms with Crippen LogP contribution in [0.3, 0.4) is 0 Å². The number of hydrogen-bond acceptors (Lipinski definition) is 2. The first-order valence-corrected chi connectivity index (χ1v) is 8.93. The van der Waals surface area contributed by atoms with Gasteiger partial charge in [-0.05, 0) is 36.8 Å². The summed E-state index contributed by atoms with van der Waals surface area (Å²) in [6.45, 7) is 4.27. The summed E-state index contributed by atoms with van der Waals surface area (Å²) in [4.78, 5) is 0. The minimum Gasteiger partial charge on any atom is -0.396 e. The minimum atomic E-state index is -0.364. The molecule has 0 amide bonds. The average molecular weight is 306 g/mol. The molecule has 1 rings (SSSR count). The van der Waals surface area contributed by atoms with Gasteiger partial charge in [0.1, 0.15) is 0 Å². The molecule has 0 aliphatic heterocycles. The number of unbranched alkanes of at least 4 members (excludes halogenated alkanes) is 5. The predicted octanol–water partition coefficient (Wildman–Crippen LogP) is 4.51. The van der Waals surface area contributed by atoms with Crippen molar-refractivity contribution in [3.05, 3.63) is 35.4 Å². The molecular formula is C20H34O2. The monoisotopic (exact) mass is 306 g/mol. The van der Waals surface area contributed by atoms with Crippen molar-refractivity contribution in [1.29, 1.82) is 0 Å². The molecule has 0 fully saturated rings. The summed E-state index contributed by atoms with van der Waals surface area (Å²) in [5.41, 5.74) is 2.35. The highest BCUT2D eigenvalue weighted by molar-refractivity contribution is 5.22. The van der Waals surface area contributed by atoms with E-state index in [9.17, 15) is 10.2 Å². The quantitative estimate of drug-likeness (QED) is 0.558. The van der Waals surface area contributed by atoms with Gasteiger partial charge in [0.2, 0.25) is 0 Å². The summed E-state index contributed by atoms with van der Waals surface area (Å²) >= 11 is 0. The largest absolute Gasteiger partial charge is 0.396 e. The highest BCUT2D eigenvalue weighted by atomic mass is 16.3. The van der Waals surface area contributed by atoms with Crippen LogP contribution in [-0.4, -0.2) is 23.4 Å². The Balaban J connectivity index is 2.28. The lowest BCUT2D eigenvalue weighted by Crippen LogP contribution is -2.26. The lowest BCUT2D eigenvalue weighted by molar-refractivity contribution is 0.0631. The molecule has 0 spiro atoms. The molecule has 22 heavy (non-hydrogen) atoms. The van der Waals surface area contributed by atoms with E-state index in [0.717, 1.165) is 12.8 Å². The number of aliphatic hydroxyl groups is 2. The molecule has 0 atom stereocenters. The second-order valence-corrected chi connectivity index (χ2v) is 6.96. The van der Waals surface area contributed by atoms with Crippen molar-refractivity contribution >= 4 is 0 Å². The van der Waals surface area contributed by atoms with E-state index in [1.165, 1.54) is 56.1 Å². The van der Waals surface area contributed by atoms with Crippen LogP contribution >= 0.6 is 0 Å². The fourth-order valence-electron chi connectivity index (χ4n) is 2.64. The number of benzene rings is 1. The van der Waals surface area contributed by atoms with Crippen molar-refractivity contribution in [3.8, 4) is 0 Å². The molecule has 0 bridgehead atoms. The Hall–Kier alpha value is -0.860. The van der Waals surface area contributed by atoms with Gasteiger partial charge in [0, 0.05) is 5.41 Å². The van der Waals surface area contributed by atoms with Crippen LogP contribution < -0.4 is 0 Å². The first kappa shape index (κ1) is 19.2. The average Bonchev–Trinajstić information content (AvgIpc) is 2.57. The molecule has 0 aliphatic rings. The molecule has 0 aromatic heterocycles. The van der Waals surface area contributed by atoms with Gasteiger partial charge in [-0.3, -0.25) is 0 Å². The normalized spacial score (nSPS) is 11.8. The number of hydrogen-bond donors (Lipinski definition) is 2. The topological polar surface area (TPSA) is 40.5 Å². The maximum absolute atomic E-state index is 9.32. The molecule has 0 unspecified atom stereocenters. The van der Waals surface area contributed by atoms with Gasteiger partial charge in [-0.25, -0.2) is 0 Å². The number of aryl methyl sites for hydroxylation is 2. The van der Waals surface area contributed by atoms with E-state index in [4.69, 9.17) is 0 Å². The van der Waals surface area contributed by atoms with Gasteiger partial charge >= 0.3 is 0 Å². The van der Waals surface area contributed by atoms with Crippen molar-refractivity contribution in [2.45, 2.75) is 71.6 Å². The molecule has 1 aromatic rings. The van der Waals surface area contributed by atoms with Crippen molar-refractivity contribution in [3.63, 3.8) is 0 Å². The molecule has 0 heterocycles. The maximum atomic E-state index is 9.32. The van der Waals surface area contributed by atoms with Crippen molar-refractivity contribution in [2.24, 2.45) is 5.41 Å². The highest BCUT2D eigenvalue weighted by Crippen LogP contribution is 2.22. The van der Waals surface area contributed by atoms with Gasteiger partial charge in [-0.1, -0.05) is 70.2 Å². The Morgan fingerprint density at radius 1 is 0.773 bits per heavy atom. The van der Waals surface area contributed by atoms with E-state index in [1.54, 1.807) is 0 Å². The third-order valence-electron chi connectivity index (χ3n) is 4.62. The maximum Gasteiger partial charge on any atom is 0.0506 e. The zero-order valence-electron chi connectivity index (χ0n) is 14.5. The van der Waals surface area contributed by atoms with Crippen LogP contribution in [0.5, 0.6) is 0 Å². The Kier molecular flexibility index (Phi) is 9.42. The van der Waals surface area contributed by atoms with Gasteiger partial charge in [-0.2, -0.15) is 0 Å². The van der Waals surface area contributed by atoms with Crippen LogP contribution in [0.25, 0.3) is 0 Å². The smallest absolute Gasteiger partial charge is 0.0506 e. The summed E-state index contributed by atoms with van der Waals surface area (Å²) in [6.07, 6.45) is 11.0. The van der Waals surface area contributed by atoms with Gasteiger partial charge in [0.25, 0.3) is 0 Å². The lowest BCUT2D eigenvalue weighted by atomic mass is 9.86. The molecule has 2 heteroatoms. The summed E-state index contributed by atoms with van der Waals surface area (Å²) in [5, 5.41) is 18.6. The Bertz CT molecular complexity index is 379. The SMILES string of the molecule is CCCCCCCCc1ccc(CCC(C)(CO)CO)cc1. The summed E-state index contributed by atoms with van der Waals surface area (Å²) in [7, 11) is 0. The Morgan fingerprint density at radius 3 is 1.82 bits per heavy atom. The fraction of sp³-hybridized carbons (Fsp3) is 0.700. The summed E-state index contributed by atoms with van der Waals surface area (Å²) < 4.78 is 0. The summed E-state index contributed by atoms with van der Waals surface area (Å²) in [5.74, 6) is 0. The second kappa shape index (κ2) is 10.8. The Labute approximate surface area is 136 Å². The van der Waals surface area contributed by atoms with Crippen LogP contribution in [0, 0.1) is 5.41 Å². The zero-order chi connectivity index (χ0) is 16.3. The molecule has 0 radical (unpaired) electrons. The predicted molar refractivity (Wildman–Crippen MR) is 94.1 cm³/mol. The molecule has 0 saturated carbocycles. The standard InChI is InChI=1S/C20H34O2/c1-3-4-5-6-7-8-9-18-10-12-19(13-11-18)14-15-20(2,16-21)17-22/h10-13,21-22H,3-9,14-17H2,1-2H3. The molecule has 0 saturated heterocycles. The van der Waals surface area contributed by atoms with E-state index in [-0.39, 0.29) is 18.6 Å². The number of aliphatic hydroxyl groups excluding tert-OH is 2. The van der Waals surface area contributed by atoms with E-state index in [2.05, 4.69) is 31.2 Å². The first-order valence-electron chi connectivity index (χ1n) is 8.93. The Morgan fingerprint density at radius 2 is 1.27 bits per heavy atom. The van der Waals surface area contributed by atoms with Crippen LogP contribution in [0.2, 0.25) is 0 Å². The van der Waals surface area contributed by atoms with E-state index >= 15 is 0 Å². The van der Waals surface area contributed by atoms with Crippen molar-refractivity contribution in [2.75, 3.05) is 13.2 Å². The van der Waals surface area contributed by atoms with Gasteiger partial charge < -0.3 is 10.2 Å². The van der Waals surface area contributed by atoms with Crippen molar-refractivity contribution < 1.29 is 10.2 Å². The molecule has 126 valence electrons. The molecule has 0 aliphatic carbocycles. The summed E-state index contributed by atoms with van der Waals surface area (Å²) in [6, 6.07) is 8.86. The van der Waals surface area contributed by atoms with E-state index in [1.807, 2.05) is 6.92 Å². The van der Waals surface area contributed by atoms with Crippen LogP contribution in [-0.2, 0) is 12.8 Å². The first-order chi connectivity index (χ1) is 10.6. The fourth-order valence-corrected chi connectivity index (χ4v) is 2.64. The van der Waals surface area contributed by atoms with E-state index < -0.39 is 0 Å². The molecule has 2 nitrogen and oxygen atoms in total. The molecule has 1 aromatic carbocycles. The zero-order valence-corrected chi connectivity index (χ0v) is 14.5. The minimum absolute atomic E-state index is 0.0413. The highest BCUT2D eigenvalue weighted by Gasteiger charge is 2.21. The lowest BCUT2D eigenvalue weighted by Gasteiger charge is -2.24. The van der Waals surface area contributed by atoms with Crippen molar-refractivity contribution in [1.82, 2.24) is 0 Å². The van der Waals surface area contributed by atoms with Crippen LogP contribution in [0.15, 0.2) is 24.3 Å². The molecule has 2 N–H and O–H groups in total. The third kappa shape index (κ3) is 7.42. The second-order valence-electron chi connectivity index (χ2n) is 6.96. The number of rotatable bonds is 12. The van der Waals surface area contributed by atoms with Crippen LogP contribution in [0.1, 0.15) is 69.9 Å². The van der Waals surface area contributed by atoms with Crippen LogP contribution in [0.4, 0.5) is 0 Å². The van der Waals surface area contributed by atoms with E-state index in [0.29, 0.717) is 0 Å². The molecular weight excluding hydrogens is 272 g/mol. The van der Waals surface area contributed by atoms with Gasteiger partial charge in [-0.15, -0.1) is 0 Å². The third-order valence-corrected chi connectivity index (χ3v) is 4.62.